The third-order valence-electron chi connectivity index (χ3n) is 4.28. The summed E-state index contributed by atoms with van der Waals surface area (Å²) in [6, 6.07) is 11.2. The molecule has 0 bridgehead atoms. The van der Waals surface area contributed by atoms with Crippen LogP contribution in [0.2, 0.25) is 0 Å². The van der Waals surface area contributed by atoms with Crippen molar-refractivity contribution in [3.05, 3.63) is 42.0 Å². The molecule has 6 nitrogen and oxygen atoms in total. The van der Waals surface area contributed by atoms with Crippen LogP contribution >= 0.6 is 0 Å². The molecule has 1 unspecified atom stereocenters. The van der Waals surface area contributed by atoms with Crippen molar-refractivity contribution in [2.24, 2.45) is 0 Å². The topological polar surface area (TPSA) is 66.0 Å². The molecular weight excluding hydrogens is 322 g/mol. The second-order valence-corrected chi connectivity index (χ2v) is 6.12. The number of nitrogens with one attached hydrogen (secondary N) is 1. The van der Waals surface area contributed by atoms with E-state index in [-0.39, 0.29) is 18.6 Å². The number of benzene rings is 2. The maximum Gasteiger partial charge on any atom is 0.231 e. The smallest absolute Gasteiger partial charge is 0.231 e. The summed E-state index contributed by atoms with van der Waals surface area (Å²) in [5.41, 5.74) is 1.74. The van der Waals surface area contributed by atoms with Crippen LogP contribution in [-0.2, 0) is 4.79 Å². The number of anilines is 1. The van der Waals surface area contributed by atoms with Crippen LogP contribution in [0.4, 0.5) is 5.69 Å². The van der Waals surface area contributed by atoms with Gasteiger partial charge in [-0.15, -0.1) is 0 Å². The molecule has 0 radical (unpaired) electrons. The van der Waals surface area contributed by atoms with Crippen LogP contribution in [0.25, 0.3) is 0 Å². The van der Waals surface area contributed by atoms with Gasteiger partial charge in [-0.25, -0.2) is 0 Å². The highest BCUT2D eigenvalue weighted by Crippen LogP contribution is 2.35. The van der Waals surface area contributed by atoms with Gasteiger partial charge in [0.05, 0.1) is 0 Å². The standard InChI is InChI=1S/C19H19NO5/c1-12(13-2-4-15-17(9-13)23-7-6-22-15)8-19(21)20-14-3-5-16-18(10-14)25-11-24-16/h2-5,9-10,12H,6-8,11H2,1H3,(H,20,21). The zero-order valence-corrected chi connectivity index (χ0v) is 13.9. The Kier molecular flexibility index (Phi) is 4.09. The zero-order valence-electron chi connectivity index (χ0n) is 13.9. The summed E-state index contributed by atoms with van der Waals surface area (Å²) in [6.07, 6.45) is 0.369. The van der Waals surface area contributed by atoms with Crippen LogP contribution in [0.3, 0.4) is 0 Å². The van der Waals surface area contributed by atoms with Crippen LogP contribution in [0.5, 0.6) is 23.0 Å². The van der Waals surface area contributed by atoms with Crippen molar-refractivity contribution in [2.45, 2.75) is 19.3 Å². The molecule has 0 spiro atoms. The Labute approximate surface area is 145 Å². The second-order valence-electron chi connectivity index (χ2n) is 6.12. The fourth-order valence-electron chi connectivity index (χ4n) is 2.95. The number of carbonyl (C=O) groups is 1. The number of fused-ring (bicyclic) bond motifs is 2. The van der Waals surface area contributed by atoms with E-state index in [4.69, 9.17) is 18.9 Å². The van der Waals surface area contributed by atoms with Gasteiger partial charge < -0.3 is 24.3 Å². The fourth-order valence-corrected chi connectivity index (χ4v) is 2.95. The molecule has 130 valence electrons. The maximum absolute atomic E-state index is 12.3. The summed E-state index contributed by atoms with van der Waals surface area (Å²) >= 11 is 0. The van der Waals surface area contributed by atoms with Gasteiger partial charge in [0.25, 0.3) is 0 Å². The molecule has 0 aromatic heterocycles. The van der Waals surface area contributed by atoms with E-state index in [0.717, 1.165) is 17.1 Å². The molecule has 1 N–H and O–H groups in total. The van der Waals surface area contributed by atoms with E-state index in [1.165, 1.54) is 0 Å². The van der Waals surface area contributed by atoms with E-state index in [2.05, 4.69) is 5.32 Å². The van der Waals surface area contributed by atoms with E-state index in [0.29, 0.717) is 36.8 Å². The predicted octanol–water partition coefficient (Wildman–Crippen LogP) is 3.32. The molecule has 6 heteroatoms. The molecule has 2 aliphatic rings. The molecule has 1 atom stereocenters. The third kappa shape index (κ3) is 3.33. The maximum atomic E-state index is 12.3. The highest BCUT2D eigenvalue weighted by Gasteiger charge is 2.18. The molecule has 2 heterocycles. The molecule has 0 fully saturated rings. The van der Waals surface area contributed by atoms with Gasteiger partial charge in [-0.05, 0) is 35.7 Å². The highest BCUT2D eigenvalue weighted by molar-refractivity contribution is 5.91. The van der Waals surface area contributed by atoms with Crippen LogP contribution < -0.4 is 24.3 Å². The van der Waals surface area contributed by atoms with E-state index in [1.807, 2.05) is 25.1 Å². The van der Waals surface area contributed by atoms with Crippen molar-refractivity contribution < 1.29 is 23.7 Å². The Morgan fingerprint density at radius 2 is 1.64 bits per heavy atom. The average molecular weight is 341 g/mol. The Balaban J connectivity index is 1.40. The van der Waals surface area contributed by atoms with Crippen molar-refractivity contribution in [1.82, 2.24) is 0 Å². The quantitative estimate of drug-likeness (QED) is 0.924. The van der Waals surface area contributed by atoms with Crippen molar-refractivity contribution in [3.8, 4) is 23.0 Å². The van der Waals surface area contributed by atoms with Gasteiger partial charge in [0, 0.05) is 18.2 Å². The lowest BCUT2D eigenvalue weighted by atomic mass is 9.97. The van der Waals surface area contributed by atoms with Crippen LogP contribution in [0.1, 0.15) is 24.8 Å². The molecule has 0 saturated heterocycles. The minimum atomic E-state index is -0.0544. The molecule has 2 aromatic carbocycles. The van der Waals surface area contributed by atoms with Gasteiger partial charge in [-0.2, -0.15) is 0 Å². The number of amides is 1. The molecule has 4 rings (SSSR count). The van der Waals surface area contributed by atoms with Crippen LogP contribution in [-0.4, -0.2) is 25.9 Å². The first-order valence-electron chi connectivity index (χ1n) is 8.28. The van der Waals surface area contributed by atoms with Gasteiger partial charge >= 0.3 is 0 Å². The van der Waals surface area contributed by atoms with Crippen molar-refractivity contribution >= 4 is 11.6 Å². The van der Waals surface area contributed by atoms with Crippen LogP contribution in [0, 0.1) is 0 Å². The lowest BCUT2D eigenvalue weighted by Gasteiger charge is -2.20. The zero-order chi connectivity index (χ0) is 17.2. The predicted molar refractivity (Wildman–Crippen MR) is 91.7 cm³/mol. The summed E-state index contributed by atoms with van der Waals surface area (Å²) in [5, 5.41) is 2.90. The first-order valence-corrected chi connectivity index (χ1v) is 8.28. The molecule has 0 saturated carbocycles. The summed E-state index contributed by atoms with van der Waals surface area (Å²) in [5.74, 6) is 2.85. The Hall–Kier alpha value is -2.89. The third-order valence-corrected chi connectivity index (χ3v) is 4.28. The molecular formula is C19H19NO5. The van der Waals surface area contributed by atoms with Crippen molar-refractivity contribution in [3.63, 3.8) is 0 Å². The molecule has 0 aliphatic carbocycles. The minimum absolute atomic E-state index is 0.0544. The van der Waals surface area contributed by atoms with Crippen molar-refractivity contribution in [2.75, 3.05) is 25.3 Å². The molecule has 1 amide bonds. The molecule has 2 aromatic rings. The largest absolute Gasteiger partial charge is 0.486 e. The van der Waals surface area contributed by atoms with Gasteiger partial charge in [-0.3, -0.25) is 4.79 Å². The SMILES string of the molecule is CC(CC(=O)Nc1ccc2c(c1)OCO2)c1ccc2c(c1)OCCO2. The summed E-state index contributed by atoms with van der Waals surface area (Å²) in [6.45, 7) is 3.35. The summed E-state index contributed by atoms with van der Waals surface area (Å²) < 4.78 is 21.7. The average Bonchev–Trinajstić information content (AvgIpc) is 3.09. The van der Waals surface area contributed by atoms with Crippen LogP contribution in [0.15, 0.2) is 36.4 Å². The van der Waals surface area contributed by atoms with E-state index < -0.39 is 0 Å². The first kappa shape index (κ1) is 15.6. The van der Waals surface area contributed by atoms with Gasteiger partial charge in [-0.1, -0.05) is 13.0 Å². The Bertz CT molecular complexity index is 804. The van der Waals surface area contributed by atoms with E-state index >= 15 is 0 Å². The molecule has 2 aliphatic heterocycles. The molecule has 25 heavy (non-hydrogen) atoms. The highest BCUT2D eigenvalue weighted by atomic mass is 16.7. The van der Waals surface area contributed by atoms with Gasteiger partial charge in [0.2, 0.25) is 12.7 Å². The van der Waals surface area contributed by atoms with Crippen molar-refractivity contribution in [1.29, 1.82) is 0 Å². The number of carbonyl (C=O) groups excluding carboxylic acids is 1. The lowest BCUT2D eigenvalue weighted by Crippen LogP contribution is -2.16. The fraction of sp³-hybridized carbons (Fsp3) is 0.316. The summed E-state index contributed by atoms with van der Waals surface area (Å²) in [7, 11) is 0. The monoisotopic (exact) mass is 341 g/mol. The van der Waals surface area contributed by atoms with E-state index in [1.54, 1.807) is 18.2 Å². The Morgan fingerprint density at radius 1 is 0.960 bits per heavy atom. The van der Waals surface area contributed by atoms with E-state index in [9.17, 15) is 4.79 Å². The number of hydrogen-bond acceptors (Lipinski definition) is 5. The van der Waals surface area contributed by atoms with Gasteiger partial charge in [0.1, 0.15) is 13.2 Å². The first-order chi connectivity index (χ1) is 12.2. The minimum Gasteiger partial charge on any atom is -0.486 e. The number of rotatable bonds is 4. The number of ether oxygens (including phenoxy) is 4. The number of hydrogen-bond donors (Lipinski definition) is 1. The second kappa shape index (κ2) is 6.55. The summed E-state index contributed by atoms with van der Waals surface area (Å²) in [4.78, 5) is 12.3. The lowest BCUT2D eigenvalue weighted by molar-refractivity contribution is -0.116. The van der Waals surface area contributed by atoms with Gasteiger partial charge in [0.15, 0.2) is 23.0 Å². The Morgan fingerprint density at radius 3 is 2.52 bits per heavy atom. The normalized spacial score (nSPS) is 15.6.